The molecule has 3 heteroatoms. The molecule has 7 heavy (non-hydrogen) atoms. The average Bonchev–Trinajstić information content (AvgIpc) is 0.722. The molecule has 0 aromatic rings. The van der Waals surface area contributed by atoms with Crippen LogP contribution in [0, 0.1) is 0 Å². The Balaban J connectivity index is -0.0000000800. The summed E-state index contributed by atoms with van der Waals surface area (Å²) in [4.78, 5) is 0. The summed E-state index contributed by atoms with van der Waals surface area (Å²) in [6.07, 6.45) is 0. The van der Waals surface area contributed by atoms with Crippen LogP contribution >= 0.6 is 0 Å². The molecule has 40 valence electrons. The minimum atomic E-state index is 0. The second-order valence-corrected chi connectivity index (χ2v) is 2.37. The van der Waals surface area contributed by atoms with Gasteiger partial charge in [-0.25, -0.2) is 0 Å². The number of hydrogen-bond acceptors (Lipinski definition) is 1. The molecule has 0 aliphatic rings. The van der Waals surface area contributed by atoms with Gasteiger partial charge in [0.25, 0.3) is 0 Å². The fourth-order valence-corrected chi connectivity index (χ4v) is 0. The molecule has 0 aromatic carbocycles. The third kappa shape index (κ3) is 365. The minimum absolute atomic E-state index is 0. The molecule has 0 bridgehead atoms. The van der Waals surface area contributed by atoms with Crippen molar-refractivity contribution >= 4 is 27.3 Å². The third-order valence-corrected chi connectivity index (χ3v) is 0. The molecule has 0 amide bonds. The molecule has 0 spiro atoms. The second kappa shape index (κ2) is 4.77. The van der Waals surface area contributed by atoms with Crippen LogP contribution in [0.25, 0.3) is 0 Å². The van der Waals surface area contributed by atoms with E-state index in [-0.39, 0.29) is 32.8 Å². The molecule has 0 unspecified atom stereocenters. The van der Waals surface area contributed by atoms with Crippen LogP contribution in [0.4, 0.5) is 0 Å². The van der Waals surface area contributed by atoms with Crippen molar-refractivity contribution in [3.05, 3.63) is 0 Å². The van der Waals surface area contributed by atoms with E-state index in [0.29, 0.717) is 0 Å². The summed E-state index contributed by atoms with van der Waals surface area (Å²) in [6.45, 7) is 5.90. The summed E-state index contributed by atoms with van der Waals surface area (Å²) in [5, 5.41) is 0. The van der Waals surface area contributed by atoms with Gasteiger partial charge >= 0.3 is 18.9 Å². The summed E-state index contributed by atoms with van der Waals surface area (Å²) in [5.74, 6) is 0. The summed E-state index contributed by atoms with van der Waals surface area (Å²) in [6, 6.07) is 0. The van der Waals surface area contributed by atoms with Crippen molar-refractivity contribution < 1.29 is 0 Å². The fraction of sp³-hybridized carbons (Fsp3) is 1.00. The van der Waals surface area contributed by atoms with Crippen molar-refractivity contribution in [3.63, 3.8) is 0 Å². The third-order valence-electron chi connectivity index (χ3n) is 0. The van der Waals surface area contributed by atoms with Gasteiger partial charge in [0.2, 0.25) is 0 Å². The van der Waals surface area contributed by atoms with Gasteiger partial charge in [-0.1, -0.05) is 0 Å². The van der Waals surface area contributed by atoms with Crippen LogP contribution in [-0.2, 0) is 0 Å². The Morgan fingerprint density at radius 3 is 1.14 bits per heavy atom. The van der Waals surface area contributed by atoms with Crippen LogP contribution < -0.4 is 5.73 Å². The van der Waals surface area contributed by atoms with Gasteiger partial charge in [-0.05, 0) is 20.8 Å². The van der Waals surface area contributed by atoms with Crippen LogP contribution in [0.3, 0.4) is 0 Å². The van der Waals surface area contributed by atoms with Crippen molar-refractivity contribution in [1.29, 1.82) is 0 Å². The maximum atomic E-state index is 5.35. The van der Waals surface area contributed by atoms with Crippen LogP contribution in [0.15, 0.2) is 0 Å². The molecule has 0 fully saturated rings. The van der Waals surface area contributed by atoms with Gasteiger partial charge in [0.05, 0.1) is 8.41 Å². The van der Waals surface area contributed by atoms with Crippen LogP contribution in [0.2, 0.25) is 0 Å². The van der Waals surface area contributed by atoms with Crippen LogP contribution in [0.5, 0.6) is 0 Å². The van der Waals surface area contributed by atoms with Crippen LogP contribution in [-0.4, -0.2) is 32.8 Å². The Bertz CT molecular complexity index is 27.2. The number of hydrogen-bond donors (Lipinski definition) is 1. The SMILES string of the molecule is B.CC(C)(C)N.[LiH]. The van der Waals surface area contributed by atoms with Gasteiger partial charge in [-0.2, -0.15) is 0 Å². The summed E-state index contributed by atoms with van der Waals surface area (Å²) in [7, 11) is 0. The molecule has 0 radical (unpaired) electrons. The van der Waals surface area contributed by atoms with E-state index >= 15 is 0 Å². The van der Waals surface area contributed by atoms with E-state index in [1.807, 2.05) is 20.8 Å². The summed E-state index contributed by atoms with van der Waals surface area (Å²) < 4.78 is 0. The summed E-state index contributed by atoms with van der Waals surface area (Å²) in [5.41, 5.74) is 5.35. The van der Waals surface area contributed by atoms with Gasteiger partial charge < -0.3 is 5.73 Å². The second-order valence-electron chi connectivity index (χ2n) is 2.37. The predicted molar refractivity (Wildman–Crippen MR) is 41.0 cm³/mol. The standard InChI is InChI=1S/C4H11N.BH3.Li.H/c1-4(2,3)5;;;/h5H2,1-3H3;1H3;;. The normalized spacial score (nSPS) is 8.57. The Labute approximate surface area is 59.8 Å². The number of rotatable bonds is 0. The van der Waals surface area contributed by atoms with Crippen molar-refractivity contribution in [1.82, 2.24) is 0 Å². The van der Waals surface area contributed by atoms with Crippen molar-refractivity contribution in [2.75, 3.05) is 0 Å². The molecular weight excluding hydrogens is 79.8 g/mol. The van der Waals surface area contributed by atoms with Gasteiger partial charge in [-0.15, -0.1) is 0 Å². The van der Waals surface area contributed by atoms with Gasteiger partial charge in [-0.3, -0.25) is 0 Å². The Morgan fingerprint density at radius 2 is 1.14 bits per heavy atom. The first-order valence-corrected chi connectivity index (χ1v) is 1.79. The molecule has 0 aliphatic heterocycles. The molecular formula is C4H15BLiN. The van der Waals surface area contributed by atoms with E-state index in [0.717, 1.165) is 0 Å². The molecule has 0 aliphatic carbocycles. The maximum absolute atomic E-state index is 5.35. The summed E-state index contributed by atoms with van der Waals surface area (Å²) >= 11 is 0. The zero-order chi connectivity index (χ0) is 4.50. The Morgan fingerprint density at radius 1 is 1.14 bits per heavy atom. The molecule has 0 saturated heterocycles. The molecule has 2 N–H and O–H groups in total. The van der Waals surface area contributed by atoms with E-state index in [9.17, 15) is 0 Å². The number of nitrogens with two attached hydrogens (primary N) is 1. The molecule has 1 nitrogen and oxygen atoms in total. The average molecular weight is 94.9 g/mol. The van der Waals surface area contributed by atoms with Crippen molar-refractivity contribution in [2.24, 2.45) is 5.73 Å². The van der Waals surface area contributed by atoms with E-state index in [1.54, 1.807) is 0 Å². The van der Waals surface area contributed by atoms with E-state index < -0.39 is 0 Å². The van der Waals surface area contributed by atoms with Crippen LogP contribution in [0.1, 0.15) is 20.8 Å². The first-order chi connectivity index (χ1) is 2.00. The van der Waals surface area contributed by atoms with Gasteiger partial charge in [0.1, 0.15) is 0 Å². The zero-order valence-electron chi connectivity index (χ0n) is 4.08. The van der Waals surface area contributed by atoms with Crippen molar-refractivity contribution in [3.8, 4) is 0 Å². The molecule has 0 saturated carbocycles. The zero-order valence-corrected chi connectivity index (χ0v) is 4.08. The van der Waals surface area contributed by atoms with Gasteiger partial charge in [0.15, 0.2) is 0 Å². The van der Waals surface area contributed by atoms with Gasteiger partial charge in [0, 0.05) is 5.54 Å². The quantitative estimate of drug-likeness (QED) is 0.380. The monoisotopic (exact) mass is 95.1 g/mol. The Kier molecular flexibility index (Phi) is 10.7. The van der Waals surface area contributed by atoms with E-state index in [2.05, 4.69) is 0 Å². The molecule has 0 heterocycles. The van der Waals surface area contributed by atoms with E-state index in [4.69, 9.17) is 5.73 Å². The fourth-order valence-electron chi connectivity index (χ4n) is 0. The topological polar surface area (TPSA) is 26.0 Å². The molecule has 0 atom stereocenters. The predicted octanol–water partition coefficient (Wildman–Crippen LogP) is -1.09. The van der Waals surface area contributed by atoms with E-state index in [1.165, 1.54) is 0 Å². The molecule has 0 aromatic heterocycles. The first-order valence-electron chi connectivity index (χ1n) is 1.79. The first kappa shape index (κ1) is 15.6. The Hall–Kier alpha value is 0.622. The molecule has 0 rings (SSSR count). The van der Waals surface area contributed by atoms with Crippen molar-refractivity contribution in [2.45, 2.75) is 26.3 Å².